The van der Waals surface area contributed by atoms with Gasteiger partial charge in [0, 0.05) is 37.0 Å². The Balaban J connectivity index is 1.59. The highest BCUT2D eigenvalue weighted by Crippen LogP contribution is 2.33. The number of amides is 1. The smallest absolute Gasteiger partial charge is 0.251 e. The third-order valence-corrected chi connectivity index (χ3v) is 6.48. The quantitative estimate of drug-likeness (QED) is 0.583. The molecule has 0 bridgehead atoms. The molecule has 9 heteroatoms. The van der Waals surface area contributed by atoms with Gasteiger partial charge in [0.25, 0.3) is 5.91 Å². The zero-order valence-corrected chi connectivity index (χ0v) is 18.7. The maximum atomic E-state index is 13.6. The fourth-order valence-electron chi connectivity index (χ4n) is 3.37. The van der Waals surface area contributed by atoms with Crippen LogP contribution in [-0.4, -0.2) is 35.0 Å². The van der Waals surface area contributed by atoms with Crippen LogP contribution in [0.2, 0.25) is 0 Å². The fraction of sp³-hybridized carbons (Fsp3) is 0.125. The van der Waals surface area contributed by atoms with Gasteiger partial charge in [-0.15, -0.1) is 0 Å². The lowest BCUT2D eigenvalue weighted by molar-refractivity contribution is 0.0951. The first-order valence-corrected chi connectivity index (χ1v) is 11.1. The van der Waals surface area contributed by atoms with Crippen molar-refractivity contribution in [3.05, 3.63) is 93.8 Å². The number of ether oxygens (including phenoxy) is 1. The lowest BCUT2D eigenvalue weighted by Gasteiger charge is -2.27. The Kier molecular flexibility index (Phi) is 6.32. The minimum atomic E-state index is -1.77. The number of ketones is 1. The number of allylic oxidation sites excluding steroid dienone is 1. The molecule has 2 heterocycles. The van der Waals surface area contributed by atoms with Crippen molar-refractivity contribution in [3.8, 4) is 5.88 Å². The Labute approximate surface area is 192 Å². The van der Waals surface area contributed by atoms with Crippen LogP contribution in [0.5, 0.6) is 5.88 Å². The molecule has 1 aliphatic rings. The first-order chi connectivity index (χ1) is 15.9. The minimum absolute atomic E-state index is 0.0115. The standard InChI is InChI=1S/C24H20FN3O4S/c1-28-20-8-7-17(24(30)27-14-16-6-9-22(32-2)26-13-16)12-19(20)23(29)21(33(28)31)11-15-4-3-5-18(25)10-15/h3-13H,14H2,1-2H3,(H,27,30)/b21-11-. The predicted octanol–water partition coefficient (Wildman–Crippen LogP) is 3.50. The number of hydrogen-bond donors (Lipinski definition) is 1. The van der Waals surface area contributed by atoms with E-state index in [0.29, 0.717) is 17.1 Å². The molecule has 3 aromatic rings. The number of anilines is 1. The number of benzene rings is 2. The first-order valence-electron chi connectivity index (χ1n) is 9.96. The molecular formula is C24H20FN3O4S. The van der Waals surface area contributed by atoms with Crippen molar-refractivity contribution in [1.29, 1.82) is 0 Å². The first kappa shape index (κ1) is 22.3. The van der Waals surface area contributed by atoms with Gasteiger partial charge < -0.3 is 10.1 Å². The van der Waals surface area contributed by atoms with Crippen molar-refractivity contribution in [1.82, 2.24) is 10.3 Å². The number of halogens is 1. The molecule has 2 aromatic carbocycles. The summed E-state index contributed by atoms with van der Waals surface area (Å²) in [5.41, 5.74) is 2.19. The molecule has 0 saturated carbocycles. The maximum absolute atomic E-state index is 13.6. The average molecular weight is 466 g/mol. The van der Waals surface area contributed by atoms with E-state index < -0.39 is 22.6 Å². The topological polar surface area (TPSA) is 88.6 Å². The van der Waals surface area contributed by atoms with Crippen molar-refractivity contribution in [2.24, 2.45) is 0 Å². The molecule has 1 N–H and O–H groups in total. The van der Waals surface area contributed by atoms with Gasteiger partial charge >= 0.3 is 0 Å². The van der Waals surface area contributed by atoms with Crippen molar-refractivity contribution in [2.75, 3.05) is 18.5 Å². The van der Waals surface area contributed by atoms with Crippen LogP contribution in [0.1, 0.15) is 31.8 Å². The molecule has 168 valence electrons. The predicted molar refractivity (Wildman–Crippen MR) is 124 cm³/mol. The molecule has 0 radical (unpaired) electrons. The van der Waals surface area contributed by atoms with Crippen LogP contribution in [0.3, 0.4) is 0 Å². The lowest BCUT2D eigenvalue weighted by Crippen LogP contribution is -2.32. The van der Waals surface area contributed by atoms with E-state index in [9.17, 15) is 18.2 Å². The monoisotopic (exact) mass is 465 g/mol. The average Bonchev–Trinajstić information content (AvgIpc) is 2.83. The highest BCUT2D eigenvalue weighted by atomic mass is 32.2. The van der Waals surface area contributed by atoms with Crippen molar-refractivity contribution >= 4 is 34.4 Å². The van der Waals surface area contributed by atoms with Gasteiger partial charge in [-0.1, -0.05) is 18.2 Å². The number of carbonyl (C=O) groups is 2. The highest BCUT2D eigenvalue weighted by Gasteiger charge is 2.32. The summed E-state index contributed by atoms with van der Waals surface area (Å²) in [6.45, 7) is 0.246. The summed E-state index contributed by atoms with van der Waals surface area (Å²) >= 11 is 0. The number of rotatable bonds is 5. The molecule has 1 unspecified atom stereocenters. The van der Waals surface area contributed by atoms with Crippen molar-refractivity contribution < 1.29 is 22.9 Å². The van der Waals surface area contributed by atoms with Crippen LogP contribution < -0.4 is 14.4 Å². The summed E-state index contributed by atoms with van der Waals surface area (Å²) in [6.07, 6.45) is 3.01. The number of fused-ring (bicyclic) bond motifs is 1. The summed E-state index contributed by atoms with van der Waals surface area (Å²) in [7, 11) is 1.35. The van der Waals surface area contributed by atoms with Gasteiger partial charge in [-0.25, -0.2) is 13.6 Å². The maximum Gasteiger partial charge on any atom is 0.251 e. The van der Waals surface area contributed by atoms with Crippen LogP contribution in [0.25, 0.3) is 6.08 Å². The molecule has 4 rings (SSSR count). The number of methoxy groups -OCH3 is 1. The highest BCUT2D eigenvalue weighted by molar-refractivity contribution is 7.91. The SMILES string of the molecule is COc1ccc(CNC(=O)c2ccc3c(c2)C(=O)/C(=C/c2cccc(F)c2)S(=O)N3C)cn1. The number of carbonyl (C=O) groups excluding carboxylic acids is 2. The molecule has 33 heavy (non-hydrogen) atoms. The van der Waals surface area contributed by atoms with Crippen molar-refractivity contribution in [2.45, 2.75) is 6.54 Å². The normalized spacial score (nSPS) is 16.5. The van der Waals surface area contributed by atoms with Crippen LogP contribution in [0, 0.1) is 5.82 Å². The third kappa shape index (κ3) is 4.68. The van der Waals surface area contributed by atoms with Crippen LogP contribution in [0.4, 0.5) is 10.1 Å². The van der Waals surface area contributed by atoms with Gasteiger partial charge in [-0.05, 0) is 47.5 Å². The summed E-state index contributed by atoms with van der Waals surface area (Å²) in [6, 6.07) is 13.8. The number of hydrogen-bond acceptors (Lipinski definition) is 5. The van der Waals surface area contributed by atoms with Crippen molar-refractivity contribution in [3.63, 3.8) is 0 Å². The van der Waals surface area contributed by atoms with Gasteiger partial charge in [0.05, 0.1) is 12.8 Å². The number of aromatic nitrogens is 1. The summed E-state index contributed by atoms with van der Waals surface area (Å²) < 4.78 is 32.9. The number of nitrogens with one attached hydrogen (secondary N) is 1. The van der Waals surface area contributed by atoms with Crippen LogP contribution in [0.15, 0.2) is 65.7 Å². The lowest BCUT2D eigenvalue weighted by atomic mass is 10.0. The van der Waals surface area contributed by atoms with Gasteiger partial charge in [0.15, 0.2) is 11.0 Å². The number of Topliss-reactive ketones (excluding diaryl/α,β-unsaturated/α-hetero) is 1. The van der Waals surface area contributed by atoms with E-state index in [4.69, 9.17) is 4.74 Å². The van der Waals surface area contributed by atoms with E-state index in [1.54, 1.807) is 43.6 Å². The van der Waals surface area contributed by atoms with Gasteiger partial charge in [0.2, 0.25) is 11.7 Å². The molecule has 0 spiro atoms. The second kappa shape index (κ2) is 9.33. The van der Waals surface area contributed by atoms with Crippen LogP contribution >= 0.6 is 0 Å². The Bertz CT molecular complexity index is 1290. The molecule has 0 saturated heterocycles. The Morgan fingerprint density at radius 1 is 1.21 bits per heavy atom. The van der Waals surface area contributed by atoms with E-state index in [0.717, 1.165) is 5.56 Å². The van der Waals surface area contributed by atoms with E-state index in [2.05, 4.69) is 10.3 Å². The molecule has 7 nitrogen and oxygen atoms in total. The number of pyridine rings is 1. The van der Waals surface area contributed by atoms with Gasteiger partial charge in [-0.2, -0.15) is 0 Å². The summed E-state index contributed by atoms with van der Waals surface area (Å²) in [4.78, 5) is 29.9. The second-order valence-corrected chi connectivity index (χ2v) is 8.75. The Morgan fingerprint density at radius 3 is 2.73 bits per heavy atom. The molecule has 0 fully saturated rings. The molecule has 1 aromatic heterocycles. The van der Waals surface area contributed by atoms with E-state index >= 15 is 0 Å². The molecular weight excluding hydrogens is 445 g/mol. The Morgan fingerprint density at radius 2 is 2.03 bits per heavy atom. The van der Waals surface area contributed by atoms with E-state index in [1.165, 1.54) is 41.8 Å². The zero-order valence-electron chi connectivity index (χ0n) is 17.9. The molecule has 0 aliphatic carbocycles. The van der Waals surface area contributed by atoms with Gasteiger partial charge in [0.1, 0.15) is 10.7 Å². The molecule has 1 amide bonds. The van der Waals surface area contributed by atoms with Crippen LogP contribution in [-0.2, 0) is 17.5 Å². The Hall–Kier alpha value is -3.85. The third-order valence-electron chi connectivity index (χ3n) is 5.11. The second-order valence-electron chi connectivity index (χ2n) is 7.26. The number of nitrogens with zero attached hydrogens (tertiary/aromatic N) is 2. The summed E-state index contributed by atoms with van der Waals surface area (Å²) in [5.74, 6) is -0.828. The largest absolute Gasteiger partial charge is 0.481 e. The fourth-order valence-corrected chi connectivity index (χ4v) is 4.51. The van der Waals surface area contributed by atoms with E-state index in [-0.39, 0.29) is 28.5 Å². The van der Waals surface area contributed by atoms with E-state index in [1.807, 2.05) is 0 Å². The van der Waals surface area contributed by atoms with Gasteiger partial charge in [-0.3, -0.25) is 13.9 Å². The zero-order chi connectivity index (χ0) is 23.5. The molecule has 1 atom stereocenters. The minimum Gasteiger partial charge on any atom is -0.481 e. The summed E-state index contributed by atoms with van der Waals surface area (Å²) in [5, 5.41) is 2.79. The molecule has 1 aliphatic heterocycles.